The monoisotopic (exact) mass is 375 g/mol. The van der Waals surface area contributed by atoms with Crippen LogP contribution in [0.25, 0.3) is 11.0 Å². The second-order valence-electron chi connectivity index (χ2n) is 6.31. The highest BCUT2D eigenvalue weighted by molar-refractivity contribution is 7.99. The lowest BCUT2D eigenvalue weighted by Gasteiger charge is -2.22. The molecule has 3 rings (SSSR count). The predicted molar refractivity (Wildman–Crippen MR) is 98.9 cm³/mol. The van der Waals surface area contributed by atoms with Crippen LogP contribution in [0.2, 0.25) is 0 Å². The zero-order chi connectivity index (χ0) is 18.7. The third-order valence-corrected chi connectivity index (χ3v) is 4.86. The van der Waals surface area contributed by atoms with Gasteiger partial charge in [-0.15, -0.1) is 0 Å². The number of thioether (sulfide) groups is 1. The van der Waals surface area contributed by atoms with Gasteiger partial charge in [0.15, 0.2) is 16.8 Å². The van der Waals surface area contributed by atoms with Gasteiger partial charge in [0.05, 0.1) is 22.8 Å². The molecule has 0 aliphatic carbocycles. The maximum absolute atomic E-state index is 13.3. The number of amides is 1. The standard InChI is InChI=1S/C19H19F2N3OS/c1-11(2)18(12-6-4-3-5-7-12)24-17(25)10-26-19-22-15-8-13(20)14(21)9-16(15)23-19/h3-9,11,18H,10H2,1-2H3,(H,22,23)(H,24,25). The van der Waals surface area contributed by atoms with Crippen molar-refractivity contribution < 1.29 is 13.6 Å². The molecule has 1 unspecified atom stereocenters. The average Bonchev–Trinajstić information content (AvgIpc) is 3.00. The molecule has 1 aromatic heterocycles. The molecule has 7 heteroatoms. The van der Waals surface area contributed by atoms with Crippen LogP contribution in [0, 0.1) is 17.6 Å². The lowest BCUT2D eigenvalue weighted by molar-refractivity contribution is -0.119. The number of hydrogen-bond donors (Lipinski definition) is 2. The second kappa shape index (κ2) is 7.86. The molecular weight excluding hydrogens is 356 g/mol. The summed E-state index contributed by atoms with van der Waals surface area (Å²) in [4.78, 5) is 19.4. The predicted octanol–water partition coefficient (Wildman–Crippen LogP) is 4.45. The number of fused-ring (bicyclic) bond motifs is 1. The fourth-order valence-corrected chi connectivity index (χ4v) is 3.39. The number of aromatic nitrogens is 2. The second-order valence-corrected chi connectivity index (χ2v) is 7.28. The summed E-state index contributed by atoms with van der Waals surface area (Å²) in [6, 6.07) is 11.8. The maximum Gasteiger partial charge on any atom is 0.230 e. The van der Waals surface area contributed by atoms with Crippen LogP contribution < -0.4 is 5.32 Å². The normalized spacial score (nSPS) is 12.5. The lowest BCUT2D eigenvalue weighted by Crippen LogP contribution is -2.32. The van der Waals surface area contributed by atoms with Crippen LogP contribution in [-0.4, -0.2) is 21.6 Å². The Morgan fingerprint density at radius 3 is 2.58 bits per heavy atom. The largest absolute Gasteiger partial charge is 0.348 e. The summed E-state index contributed by atoms with van der Waals surface area (Å²) in [6.07, 6.45) is 0. The van der Waals surface area contributed by atoms with E-state index >= 15 is 0 Å². The van der Waals surface area contributed by atoms with E-state index in [4.69, 9.17) is 0 Å². The molecular formula is C19H19F2N3OS. The first kappa shape index (κ1) is 18.4. The van der Waals surface area contributed by atoms with Crippen LogP contribution in [0.1, 0.15) is 25.5 Å². The Labute approximate surface area is 154 Å². The molecule has 0 aliphatic heterocycles. The van der Waals surface area contributed by atoms with E-state index in [9.17, 15) is 13.6 Å². The summed E-state index contributed by atoms with van der Waals surface area (Å²) in [6.45, 7) is 4.10. The van der Waals surface area contributed by atoms with E-state index in [0.29, 0.717) is 16.2 Å². The fourth-order valence-electron chi connectivity index (χ4n) is 2.69. The first-order chi connectivity index (χ1) is 12.4. The number of nitrogens with one attached hydrogen (secondary N) is 2. The molecule has 1 amide bonds. The highest BCUT2D eigenvalue weighted by Crippen LogP contribution is 2.24. The molecule has 26 heavy (non-hydrogen) atoms. The summed E-state index contributed by atoms with van der Waals surface area (Å²) in [7, 11) is 0. The van der Waals surface area contributed by atoms with Gasteiger partial charge >= 0.3 is 0 Å². The van der Waals surface area contributed by atoms with Crippen LogP contribution in [0.5, 0.6) is 0 Å². The summed E-state index contributed by atoms with van der Waals surface area (Å²) in [5, 5.41) is 3.48. The molecule has 2 aromatic carbocycles. The number of nitrogens with zero attached hydrogens (tertiary/aromatic N) is 1. The van der Waals surface area contributed by atoms with Gasteiger partial charge < -0.3 is 10.3 Å². The number of carbonyl (C=O) groups is 1. The molecule has 2 N–H and O–H groups in total. The van der Waals surface area contributed by atoms with E-state index in [0.717, 1.165) is 17.7 Å². The highest BCUT2D eigenvalue weighted by Gasteiger charge is 2.18. The molecule has 0 saturated heterocycles. The van der Waals surface area contributed by atoms with Crippen molar-refractivity contribution in [2.24, 2.45) is 5.92 Å². The van der Waals surface area contributed by atoms with E-state index in [2.05, 4.69) is 15.3 Å². The highest BCUT2D eigenvalue weighted by atomic mass is 32.2. The number of halogens is 2. The van der Waals surface area contributed by atoms with Gasteiger partial charge in [0.2, 0.25) is 5.91 Å². The summed E-state index contributed by atoms with van der Waals surface area (Å²) >= 11 is 1.19. The van der Waals surface area contributed by atoms with Gasteiger partial charge in [-0.05, 0) is 11.5 Å². The molecule has 0 aliphatic rings. The molecule has 0 spiro atoms. The number of aromatic amines is 1. The first-order valence-electron chi connectivity index (χ1n) is 8.26. The van der Waals surface area contributed by atoms with Gasteiger partial charge in [0, 0.05) is 12.1 Å². The molecule has 0 bridgehead atoms. The minimum atomic E-state index is -0.944. The zero-order valence-corrected chi connectivity index (χ0v) is 15.2. The SMILES string of the molecule is CC(C)C(NC(=O)CSc1nc2cc(F)c(F)cc2[nH]1)c1ccccc1. The maximum atomic E-state index is 13.3. The van der Waals surface area contributed by atoms with Crippen LogP contribution in [0.3, 0.4) is 0 Å². The van der Waals surface area contributed by atoms with Gasteiger partial charge in [-0.25, -0.2) is 13.8 Å². The Bertz CT molecular complexity index is 873. The van der Waals surface area contributed by atoms with Gasteiger partial charge in [-0.1, -0.05) is 55.9 Å². The molecule has 0 fully saturated rings. The number of benzene rings is 2. The molecule has 4 nitrogen and oxygen atoms in total. The van der Waals surface area contributed by atoms with E-state index in [1.807, 2.05) is 44.2 Å². The third-order valence-electron chi connectivity index (χ3n) is 3.98. The van der Waals surface area contributed by atoms with Crippen molar-refractivity contribution in [1.82, 2.24) is 15.3 Å². The molecule has 136 valence electrons. The molecule has 1 heterocycles. The molecule has 0 radical (unpaired) electrons. The van der Waals surface area contributed by atoms with Crippen molar-refractivity contribution in [1.29, 1.82) is 0 Å². The minimum absolute atomic E-state index is 0.0804. The van der Waals surface area contributed by atoms with Crippen molar-refractivity contribution >= 4 is 28.7 Å². The summed E-state index contributed by atoms with van der Waals surface area (Å²) in [5.41, 5.74) is 1.78. The van der Waals surface area contributed by atoms with Crippen LogP contribution in [-0.2, 0) is 4.79 Å². The quantitative estimate of drug-likeness (QED) is 0.626. The number of H-pyrrole nitrogens is 1. The Hall–Kier alpha value is -2.41. The van der Waals surface area contributed by atoms with Crippen LogP contribution in [0.4, 0.5) is 8.78 Å². The van der Waals surface area contributed by atoms with E-state index < -0.39 is 11.6 Å². The zero-order valence-electron chi connectivity index (χ0n) is 14.4. The fraction of sp³-hybridized carbons (Fsp3) is 0.263. The van der Waals surface area contributed by atoms with Crippen molar-refractivity contribution in [3.05, 3.63) is 59.7 Å². The van der Waals surface area contributed by atoms with Crippen molar-refractivity contribution in [2.45, 2.75) is 25.0 Å². The number of hydrogen-bond acceptors (Lipinski definition) is 3. The third kappa shape index (κ3) is 4.22. The first-order valence-corrected chi connectivity index (χ1v) is 9.24. The summed E-state index contributed by atoms with van der Waals surface area (Å²) in [5.74, 6) is -1.61. The van der Waals surface area contributed by atoms with Crippen LogP contribution >= 0.6 is 11.8 Å². The average molecular weight is 375 g/mol. The van der Waals surface area contributed by atoms with E-state index in [1.54, 1.807) is 0 Å². The van der Waals surface area contributed by atoms with Gasteiger partial charge in [-0.2, -0.15) is 0 Å². The van der Waals surface area contributed by atoms with Crippen molar-refractivity contribution in [3.63, 3.8) is 0 Å². The van der Waals surface area contributed by atoms with E-state index in [-0.39, 0.29) is 23.6 Å². The topological polar surface area (TPSA) is 57.8 Å². The van der Waals surface area contributed by atoms with Crippen molar-refractivity contribution in [2.75, 3.05) is 5.75 Å². The van der Waals surface area contributed by atoms with Gasteiger partial charge in [0.1, 0.15) is 0 Å². The Morgan fingerprint density at radius 2 is 1.88 bits per heavy atom. The Kier molecular flexibility index (Phi) is 5.56. The number of imidazole rings is 1. The number of carbonyl (C=O) groups excluding carboxylic acids is 1. The number of rotatable bonds is 6. The van der Waals surface area contributed by atoms with E-state index in [1.165, 1.54) is 11.8 Å². The smallest absolute Gasteiger partial charge is 0.230 e. The molecule has 1 atom stereocenters. The van der Waals surface area contributed by atoms with Crippen LogP contribution in [0.15, 0.2) is 47.6 Å². The van der Waals surface area contributed by atoms with Gasteiger partial charge in [-0.3, -0.25) is 4.79 Å². The van der Waals surface area contributed by atoms with Crippen molar-refractivity contribution in [3.8, 4) is 0 Å². The lowest BCUT2D eigenvalue weighted by atomic mass is 9.96. The molecule has 0 saturated carbocycles. The Balaban J connectivity index is 1.64. The minimum Gasteiger partial charge on any atom is -0.348 e. The molecule has 3 aromatic rings. The summed E-state index contributed by atoms with van der Waals surface area (Å²) < 4.78 is 26.5. The van der Waals surface area contributed by atoms with Gasteiger partial charge in [0.25, 0.3) is 0 Å². The Morgan fingerprint density at radius 1 is 1.19 bits per heavy atom.